The molecule has 76 valence electrons. The van der Waals surface area contributed by atoms with Gasteiger partial charge < -0.3 is 14.8 Å². The van der Waals surface area contributed by atoms with E-state index in [9.17, 15) is 13.2 Å². The molecule has 1 aromatic rings. The smallest absolute Gasteiger partial charge is 0.432 e. The standard InChI is InChI=1S/C7H6BF3O3/c9-5-2-1-4(8(12)13)3-6(5)14-7(10)11/h1-3,7,12-13H. The van der Waals surface area contributed by atoms with Crippen LogP contribution in [0, 0.1) is 5.82 Å². The van der Waals surface area contributed by atoms with E-state index in [2.05, 4.69) is 4.74 Å². The molecule has 14 heavy (non-hydrogen) atoms. The molecule has 7 heteroatoms. The first-order chi connectivity index (χ1) is 6.50. The number of ether oxygens (including phenoxy) is 1. The minimum Gasteiger partial charge on any atom is -0.432 e. The first-order valence-corrected chi connectivity index (χ1v) is 3.61. The van der Waals surface area contributed by atoms with E-state index in [4.69, 9.17) is 10.0 Å². The van der Waals surface area contributed by atoms with Crippen molar-refractivity contribution in [2.45, 2.75) is 6.61 Å². The number of rotatable bonds is 3. The third-order valence-corrected chi connectivity index (χ3v) is 1.47. The van der Waals surface area contributed by atoms with Crippen LogP contribution in [0.1, 0.15) is 0 Å². The molecular formula is C7H6BF3O3. The number of hydrogen-bond donors (Lipinski definition) is 2. The summed E-state index contributed by atoms with van der Waals surface area (Å²) in [7, 11) is -1.85. The Balaban J connectivity index is 2.96. The predicted molar refractivity (Wildman–Crippen MR) is 42.9 cm³/mol. The van der Waals surface area contributed by atoms with Crippen LogP contribution in [0.15, 0.2) is 18.2 Å². The second-order valence-corrected chi connectivity index (χ2v) is 2.44. The van der Waals surface area contributed by atoms with Crippen LogP contribution in [-0.2, 0) is 0 Å². The molecule has 0 aromatic heterocycles. The predicted octanol–water partition coefficient (Wildman–Crippen LogP) is 0.107. The van der Waals surface area contributed by atoms with Gasteiger partial charge in [0.1, 0.15) is 0 Å². The maximum absolute atomic E-state index is 12.8. The van der Waals surface area contributed by atoms with E-state index in [1.165, 1.54) is 0 Å². The summed E-state index contributed by atoms with van der Waals surface area (Å²) >= 11 is 0. The second kappa shape index (κ2) is 4.34. The molecule has 0 spiro atoms. The van der Waals surface area contributed by atoms with Crippen LogP contribution in [-0.4, -0.2) is 23.8 Å². The third kappa shape index (κ3) is 2.64. The molecule has 2 N–H and O–H groups in total. The van der Waals surface area contributed by atoms with E-state index in [0.29, 0.717) is 0 Å². The van der Waals surface area contributed by atoms with E-state index in [1.54, 1.807) is 0 Å². The molecule has 0 amide bonds. The SMILES string of the molecule is OB(O)c1ccc(F)c(OC(F)F)c1. The summed E-state index contributed by atoms with van der Waals surface area (Å²) in [5.74, 6) is -1.71. The largest absolute Gasteiger partial charge is 0.488 e. The molecule has 0 aliphatic heterocycles. The minimum atomic E-state index is -3.16. The molecule has 0 bridgehead atoms. The fourth-order valence-electron chi connectivity index (χ4n) is 0.867. The van der Waals surface area contributed by atoms with Crippen molar-refractivity contribution < 1.29 is 28.0 Å². The number of hydrogen-bond acceptors (Lipinski definition) is 3. The van der Waals surface area contributed by atoms with Gasteiger partial charge in [-0.25, -0.2) is 4.39 Å². The Hall–Kier alpha value is -1.21. The lowest BCUT2D eigenvalue weighted by molar-refractivity contribution is -0.0521. The Morgan fingerprint density at radius 2 is 1.93 bits per heavy atom. The summed E-state index contributed by atoms with van der Waals surface area (Å²) in [5, 5.41) is 17.3. The fraction of sp³-hybridized carbons (Fsp3) is 0.143. The van der Waals surface area contributed by atoms with Crippen LogP contribution in [0.25, 0.3) is 0 Å². The molecule has 0 aliphatic carbocycles. The Labute approximate surface area is 77.9 Å². The number of alkyl halides is 2. The van der Waals surface area contributed by atoms with E-state index < -0.39 is 25.3 Å². The van der Waals surface area contributed by atoms with Gasteiger partial charge in [0.15, 0.2) is 11.6 Å². The van der Waals surface area contributed by atoms with Gasteiger partial charge in [0.05, 0.1) is 0 Å². The Morgan fingerprint density at radius 1 is 1.29 bits per heavy atom. The van der Waals surface area contributed by atoms with E-state index in [-0.39, 0.29) is 5.46 Å². The van der Waals surface area contributed by atoms with Crippen LogP contribution in [0.3, 0.4) is 0 Å². The normalized spacial score (nSPS) is 10.4. The van der Waals surface area contributed by atoms with Crippen molar-refractivity contribution in [2.75, 3.05) is 0 Å². The van der Waals surface area contributed by atoms with Crippen LogP contribution < -0.4 is 10.2 Å². The van der Waals surface area contributed by atoms with Crippen molar-refractivity contribution in [1.82, 2.24) is 0 Å². The van der Waals surface area contributed by atoms with Gasteiger partial charge in [-0.3, -0.25) is 0 Å². The molecule has 0 radical (unpaired) electrons. The summed E-state index contributed by atoms with van der Waals surface area (Å²) in [5.41, 5.74) is -0.123. The molecule has 0 saturated heterocycles. The van der Waals surface area contributed by atoms with Crippen molar-refractivity contribution in [3.05, 3.63) is 24.0 Å². The number of benzene rings is 1. The highest BCUT2D eigenvalue weighted by atomic mass is 19.3. The topological polar surface area (TPSA) is 49.7 Å². The lowest BCUT2D eigenvalue weighted by Gasteiger charge is -2.07. The van der Waals surface area contributed by atoms with Crippen molar-refractivity contribution in [2.24, 2.45) is 0 Å². The Bertz CT molecular complexity index is 319. The molecule has 1 aromatic carbocycles. The molecule has 0 aliphatic rings. The second-order valence-electron chi connectivity index (χ2n) is 2.44. The summed E-state index contributed by atoms with van der Waals surface area (Å²) in [4.78, 5) is 0. The summed E-state index contributed by atoms with van der Waals surface area (Å²) in [6, 6.07) is 2.66. The zero-order chi connectivity index (χ0) is 10.7. The van der Waals surface area contributed by atoms with Crippen LogP contribution in [0.2, 0.25) is 0 Å². The van der Waals surface area contributed by atoms with Crippen molar-refractivity contribution >= 4 is 12.6 Å². The zero-order valence-electron chi connectivity index (χ0n) is 6.82. The highest BCUT2D eigenvalue weighted by Crippen LogP contribution is 2.16. The zero-order valence-corrected chi connectivity index (χ0v) is 6.82. The molecule has 0 atom stereocenters. The Kier molecular flexibility index (Phi) is 3.37. The molecule has 1 rings (SSSR count). The fourth-order valence-corrected chi connectivity index (χ4v) is 0.867. The van der Waals surface area contributed by atoms with Crippen molar-refractivity contribution in [1.29, 1.82) is 0 Å². The monoisotopic (exact) mass is 206 g/mol. The summed E-state index contributed by atoms with van der Waals surface area (Å²) < 4.78 is 40.0. The maximum atomic E-state index is 12.8. The Morgan fingerprint density at radius 3 is 2.43 bits per heavy atom. The summed E-state index contributed by atoms with van der Waals surface area (Å²) in [6.07, 6.45) is 0. The van der Waals surface area contributed by atoms with Gasteiger partial charge in [-0.1, -0.05) is 6.07 Å². The van der Waals surface area contributed by atoms with Gasteiger partial charge in [-0.15, -0.1) is 0 Å². The average molecular weight is 206 g/mol. The maximum Gasteiger partial charge on any atom is 0.488 e. The van der Waals surface area contributed by atoms with Gasteiger partial charge in [-0.2, -0.15) is 8.78 Å². The highest BCUT2D eigenvalue weighted by molar-refractivity contribution is 6.58. The van der Waals surface area contributed by atoms with Crippen molar-refractivity contribution in [3.8, 4) is 5.75 Å². The lowest BCUT2D eigenvalue weighted by atomic mass is 9.80. The average Bonchev–Trinajstić information content (AvgIpc) is 2.07. The van der Waals surface area contributed by atoms with Crippen LogP contribution in [0.5, 0.6) is 5.75 Å². The van der Waals surface area contributed by atoms with Crippen molar-refractivity contribution in [3.63, 3.8) is 0 Å². The van der Waals surface area contributed by atoms with Gasteiger partial charge >= 0.3 is 13.7 Å². The molecule has 3 nitrogen and oxygen atoms in total. The molecule has 0 unspecified atom stereocenters. The van der Waals surface area contributed by atoms with Gasteiger partial charge in [0, 0.05) is 0 Å². The summed E-state index contributed by atoms with van der Waals surface area (Å²) in [6.45, 7) is -3.16. The molecule has 0 heterocycles. The highest BCUT2D eigenvalue weighted by Gasteiger charge is 2.16. The molecule has 0 fully saturated rings. The van der Waals surface area contributed by atoms with Crippen LogP contribution >= 0.6 is 0 Å². The number of halogens is 3. The van der Waals surface area contributed by atoms with E-state index in [1.807, 2.05) is 0 Å². The third-order valence-electron chi connectivity index (χ3n) is 1.47. The van der Waals surface area contributed by atoms with Gasteiger partial charge in [0.2, 0.25) is 0 Å². The minimum absolute atomic E-state index is 0.123. The van der Waals surface area contributed by atoms with Gasteiger partial charge in [-0.05, 0) is 17.6 Å². The lowest BCUT2D eigenvalue weighted by Crippen LogP contribution is -2.30. The molecular weight excluding hydrogens is 200 g/mol. The van der Waals surface area contributed by atoms with E-state index in [0.717, 1.165) is 18.2 Å². The van der Waals surface area contributed by atoms with Crippen LogP contribution in [0.4, 0.5) is 13.2 Å². The first-order valence-electron chi connectivity index (χ1n) is 3.61. The first kappa shape index (κ1) is 10.9. The quantitative estimate of drug-likeness (QED) is 0.689. The van der Waals surface area contributed by atoms with E-state index >= 15 is 0 Å². The molecule has 0 saturated carbocycles. The van der Waals surface area contributed by atoms with Gasteiger partial charge in [0.25, 0.3) is 0 Å².